The summed E-state index contributed by atoms with van der Waals surface area (Å²) in [5, 5.41) is -0.492. The van der Waals surface area contributed by atoms with Crippen molar-refractivity contribution in [2.75, 3.05) is 0 Å². The van der Waals surface area contributed by atoms with Gasteiger partial charge in [0.2, 0.25) is 0 Å². The highest BCUT2D eigenvalue weighted by atomic mass is 32.2. The number of benzene rings is 1. The van der Waals surface area contributed by atoms with E-state index in [4.69, 9.17) is 4.74 Å². The molecule has 1 fully saturated rings. The minimum atomic E-state index is -1.29. The Balaban J connectivity index is 1.88. The number of rotatable bonds is 7. The molecule has 20 heavy (non-hydrogen) atoms. The standard InChI is InChI=1S/C16H22O3S/c1-2-3-4-6-9-13-12-15(16(17)19-13)20(18)14-10-7-5-8-11-14/h5,7-8,10-11,13,15H,2-4,6,9,12H2,1H3. The van der Waals surface area contributed by atoms with Gasteiger partial charge in [0.15, 0.2) is 0 Å². The molecule has 1 aromatic carbocycles. The zero-order valence-corrected chi connectivity index (χ0v) is 12.7. The second-order valence-electron chi connectivity index (χ2n) is 5.24. The van der Waals surface area contributed by atoms with Crippen molar-refractivity contribution < 1.29 is 13.7 Å². The number of cyclic esters (lactones) is 1. The van der Waals surface area contributed by atoms with E-state index in [-0.39, 0.29) is 12.1 Å². The van der Waals surface area contributed by atoms with Crippen molar-refractivity contribution in [1.29, 1.82) is 0 Å². The molecule has 0 bridgehead atoms. The van der Waals surface area contributed by atoms with Gasteiger partial charge in [0.1, 0.15) is 11.4 Å². The highest BCUT2D eigenvalue weighted by Gasteiger charge is 2.38. The Morgan fingerprint density at radius 3 is 2.65 bits per heavy atom. The summed E-state index contributed by atoms with van der Waals surface area (Å²) in [6, 6.07) is 9.17. The van der Waals surface area contributed by atoms with Crippen LogP contribution in [0.15, 0.2) is 35.2 Å². The summed E-state index contributed by atoms with van der Waals surface area (Å²) in [5.74, 6) is -0.298. The summed E-state index contributed by atoms with van der Waals surface area (Å²) in [6.45, 7) is 2.18. The van der Waals surface area contributed by atoms with E-state index in [9.17, 15) is 9.00 Å². The molecule has 0 N–H and O–H groups in total. The molecule has 2 rings (SSSR count). The Bertz CT molecular complexity index is 458. The number of carbonyl (C=O) groups is 1. The van der Waals surface area contributed by atoms with E-state index in [1.54, 1.807) is 12.1 Å². The normalized spacial score (nSPS) is 23.6. The molecule has 0 aliphatic carbocycles. The molecule has 3 unspecified atom stereocenters. The average Bonchev–Trinajstić information content (AvgIpc) is 2.85. The van der Waals surface area contributed by atoms with Crippen LogP contribution in [0.25, 0.3) is 0 Å². The van der Waals surface area contributed by atoms with E-state index in [1.165, 1.54) is 19.3 Å². The first kappa shape index (κ1) is 15.2. The molecule has 1 aromatic rings. The van der Waals surface area contributed by atoms with Gasteiger partial charge in [-0.25, -0.2) is 0 Å². The van der Waals surface area contributed by atoms with E-state index in [0.717, 1.165) is 12.8 Å². The molecule has 0 aromatic heterocycles. The molecule has 1 aliphatic heterocycles. The minimum Gasteiger partial charge on any atom is -0.461 e. The van der Waals surface area contributed by atoms with Crippen LogP contribution in [-0.4, -0.2) is 21.5 Å². The summed E-state index contributed by atoms with van der Waals surface area (Å²) in [4.78, 5) is 12.6. The third kappa shape index (κ3) is 3.92. The van der Waals surface area contributed by atoms with Gasteiger partial charge in [-0.3, -0.25) is 9.00 Å². The van der Waals surface area contributed by atoms with E-state index in [2.05, 4.69) is 6.92 Å². The maximum absolute atomic E-state index is 12.4. The first-order chi connectivity index (χ1) is 9.72. The van der Waals surface area contributed by atoms with Gasteiger partial charge < -0.3 is 4.74 Å². The van der Waals surface area contributed by atoms with Gasteiger partial charge in [0, 0.05) is 11.3 Å². The molecule has 0 saturated carbocycles. The molecule has 0 amide bonds. The largest absolute Gasteiger partial charge is 0.461 e. The van der Waals surface area contributed by atoms with Crippen LogP contribution in [0.3, 0.4) is 0 Å². The van der Waals surface area contributed by atoms with Crippen molar-refractivity contribution in [2.24, 2.45) is 0 Å². The molecule has 110 valence electrons. The van der Waals surface area contributed by atoms with Gasteiger partial charge in [-0.1, -0.05) is 44.4 Å². The number of unbranched alkanes of at least 4 members (excludes halogenated alkanes) is 3. The van der Waals surface area contributed by atoms with Gasteiger partial charge >= 0.3 is 5.97 Å². The Morgan fingerprint density at radius 1 is 1.20 bits per heavy atom. The molecule has 3 nitrogen and oxygen atoms in total. The monoisotopic (exact) mass is 294 g/mol. The molecular formula is C16H22O3S. The fraction of sp³-hybridized carbons (Fsp3) is 0.562. The molecule has 3 atom stereocenters. The van der Waals surface area contributed by atoms with Gasteiger partial charge in [0.25, 0.3) is 0 Å². The van der Waals surface area contributed by atoms with Crippen molar-refractivity contribution >= 4 is 16.8 Å². The molecule has 1 aliphatic rings. The Labute approximate surface area is 123 Å². The second-order valence-corrected chi connectivity index (χ2v) is 6.88. The van der Waals surface area contributed by atoms with Crippen LogP contribution >= 0.6 is 0 Å². The van der Waals surface area contributed by atoms with E-state index >= 15 is 0 Å². The van der Waals surface area contributed by atoms with E-state index in [1.807, 2.05) is 18.2 Å². The van der Waals surface area contributed by atoms with Gasteiger partial charge in [-0.2, -0.15) is 0 Å². The lowest BCUT2D eigenvalue weighted by molar-refractivity contribution is -0.141. The predicted molar refractivity (Wildman–Crippen MR) is 79.9 cm³/mol. The van der Waals surface area contributed by atoms with Crippen molar-refractivity contribution in [2.45, 2.75) is 61.7 Å². The molecule has 4 heteroatoms. The Kier molecular flexibility index (Phi) is 5.77. The lowest BCUT2D eigenvalue weighted by Crippen LogP contribution is -2.20. The van der Waals surface area contributed by atoms with Crippen molar-refractivity contribution in [1.82, 2.24) is 0 Å². The van der Waals surface area contributed by atoms with Crippen LogP contribution in [0.1, 0.15) is 45.4 Å². The van der Waals surface area contributed by atoms with Crippen LogP contribution in [0.5, 0.6) is 0 Å². The summed E-state index contributed by atoms with van der Waals surface area (Å²) in [6.07, 6.45) is 6.12. The lowest BCUT2D eigenvalue weighted by atomic mass is 10.1. The molecular weight excluding hydrogens is 272 g/mol. The smallest absolute Gasteiger partial charge is 0.322 e. The SMILES string of the molecule is CCCCCCC1CC(S(=O)c2ccccc2)C(=O)O1. The third-order valence-electron chi connectivity index (χ3n) is 3.64. The molecule has 0 radical (unpaired) electrons. The van der Waals surface area contributed by atoms with E-state index in [0.29, 0.717) is 11.3 Å². The van der Waals surface area contributed by atoms with Crippen LogP contribution in [-0.2, 0) is 20.3 Å². The van der Waals surface area contributed by atoms with Crippen LogP contribution in [0.2, 0.25) is 0 Å². The first-order valence-corrected chi connectivity index (χ1v) is 8.59. The lowest BCUT2D eigenvalue weighted by Gasteiger charge is -2.08. The van der Waals surface area contributed by atoms with Crippen LogP contribution in [0.4, 0.5) is 0 Å². The summed E-state index contributed by atoms with van der Waals surface area (Å²) in [5.41, 5.74) is 0. The number of hydrogen-bond donors (Lipinski definition) is 0. The van der Waals surface area contributed by atoms with Gasteiger partial charge in [-0.05, 0) is 25.0 Å². The zero-order valence-electron chi connectivity index (χ0n) is 11.9. The minimum absolute atomic E-state index is 0.0444. The highest BCUT2D eigenvalue weighted by molar-refractivity contribution is 7.86. The average molecular weight is 294 g/mol. The van der Waals surface area contributed by atoms with Crippen molar-refractivity contribution in [3.05, 3.63) is 30.3 Å². The topological polar surface area (TPSA) is 43.4 Å². The van der Waals surface area contributed by atoms with E-state index < -0.39 is 16.0 Å². The maximum Gasteiger partial charge on any atom is 0.322 e. The predicted octanol–water partition coefficient (Wildman–Crippen LogP) is 3.45. The zero-order chi connectivity index (χ0) is 14.4. The third-order valence-corrected chi connectivity index (χ3v) is 5.27. The first-order valence-electron chi connectivity index (χ1n) is 7.38. The molecule has 1 saturated heterocycles. The second kappa shape index (κ2) is 7.58. The summed E-state index contributed by atoms with van der Waals surface area (Å²) < 4.78 is 17.8. The van der Waals surface area contributed by atoms with Crippen molar-refractivity contribution in [3.63, 3.8) is 0 Å². The molecule has 0 spiro atoms. The fourth-order valence-corrected chi connectivity index (χ4v) is 3.87. The quantitative estimate of drug-likeness (QED) is 0.571. The maximum atomic E-state index is 12.4. The van der Waals surface area contributed by atoms with Gasteiger partial charge in [-0.15, -0.1) is 0 Å². The summed E-state index contributed by atoms with van der Waals surface area (Å²) >= 11 is 0. The fourth-order valence-electron chi connectivity index (χ4n) is 2.49. The number of ether oxygens (including phenoxy) is 1. The van der Waals surface area contributed by atoms with Crippen LogP contribution < -0.4 is 0 Å². The number of hydrogen-bond acceptors (Lipinski definition) is 3. The Hall–Kier alpha value is -1.16. The Morgan fingerprint density at radius 2 is 1.95 bits per heavy atom. The highest BCUT2D eigenvalue weighted by Crippen LogP contribution is 2.26. The van der Waals surface area contributed by atoms with Gasteiger partial charge in [0.05, 0.1) is 10.8 Å². The molecule has 1 heterocycles. The van der Waals surface area contributed by atoms with Crippen LogP contribution in [0, 0.1) is 0 Å². The number of carbonyl (C=O) groups excluding carboxylic acids is 1. The van der Waals surface area contributed by atoms with Crippen molar-refractivity contribution in [3.8, 4) is 0 Å². The summed E-state index contributed by atoms with van der Waals surface area (Å²) in [7, 11) is -1.29. The number of esters is 1.